The third kappa shape index (κ3) is 4.66. The van der Waals surface area contributed by atoms with Crippen LogP contribution in [-0.4, -0.2) is 34.2 Å². The third-order valence-corrected chi connectivity index (χ3v) is 4.63. The van der Waals surface area contributed by atoms with Crippen LogP contribution in [0.2, 0.25) is 0 Å². The van der Waals surface area contributed by atoms with Gasteiger partial charge in [-0.2, -0.15) is 4.98 Å². The van der Waals surface area contributed by atoms with Gasteiger partial charge in [-0.15, -0.1) is 0 Å². The van der Waals surface area contributed by atoms with E-state index in [2.05, 4.69) is 20.4 Å². The van der Waals surface area contributed by atoms with E-state index < -0.39 is 0 Å². The molecule has 1 atom stereocenters. The number of hydrogen-bond acceptors (Lipinski definition) is 6. The van der Waals surface area contributed by atoms with E-state index in [-0.39, 0.29) is 30.2 Å². The Balaban J connectivity index is 1.73. The first-order chi connectivity index (χ1) is 12.5. The van der Waals surface area contributed by atoms with Gasteiger partial charge in [0.05, 0.1) is 6.42 Å². The highest BCUT2D eigenvalue weighted by atomic mass is 16.5. The Kier molecular flexibility index (Phi) is 5.98. The Morgan fingerprint density at radius 1 is 1.31 bits per heavy atom. The summed E-state index contributed by atoms with van der Waals surface area (Å²) in [6.07, 6.45) is 3.73. The minimum Gasteiger partial charge on any atom is -0.381 e. The fraction of sp³-hybridized carbons (Fsp3) is 0.579. The Hall–Kier alpha value is -2.28. The molecule has 26 heavy (non-hydrogen) atoms. The second-order valence-corrected chi connectivity index (χ2v) is 7.13. The van der Waals surface area contributed by atoms with E-state index in [1.165, 1.54) is 0 Å². The van der Waals surface area contributed by atoms with Crippen molar-refractivity contribution in [3.05, 3.63) is 41.3 Å². The average Bonchev–Trinajstić information content (AvgIpc) is 3.12. The van der Waals surface area contributed by atoms with E-state index in [1.807, 2.05) is 32.9 Å². The molecule has 1 fully saturated rings. The van der Waals surface area contributed by atoms with Gasteiger partial charge in [0.25, 0.3) is 0 Å². The highest BCUT2D eigenvalue weighted by Gasteiger charge is 2.31. The molecular formula is C19H26N4O3. The molecule has 2 aromatic heterocycles. The molecule has 1 amide bonds. The van der Waals surface area contributed by atoms with Crippen molar-refractivity contribution >= 4 is 5.91 Å². The fourth-order valence-corrected chi connectivity index (χ4v) is 3.05. The summed E-state index contributed by atoms with van der Waals surface area (Å²) >= 11 is 0. The molecule has 140 valence electrons. The van der Waals surface area contributed by atoms with Gasteiger partial charge in [-0.1, -0.05) is 25.1 Å². The van der Waals surface area contributed by atoms with Gasteiger partial charge in [0.1, 0.15) is 6.04 Å². The van der Waals surface area contributed by atoms with Crippen LogP contribution < -0.4 is 5.32 Å². The predicted molar refractivity (Wildman–Crippen MR) is 95.5 cm³/mol. The van der Waals surface area contributed by atoms with Crippen LogP contribution in [0, 0.1) is 12.8 Å². The molecule has 7 heteroatoms. The van der Waals surface area contributed by atoms with Crippen LogP contribution in [-0.2, 0) is 16.0 Å². The maximum Gasteiger partial charge on any atom is 0.249 e. The van der Waals surface area contributed by atoms with E-state index in [0.717, 1.165) is 24.1 Å². The van der Waals surface area contributed by atoms with Crippen LogP contribution in [0.3, 0.4) is 0 Å². The van der Waals surface area contributed by atoms with Crippen molar-refractivity contribution in [2.24, 2.45) is 5.92 Å². The second kappa shape index (κ2) is 8.40. The van der Waals surface area contributed by atoms with Crippen molar-refractivity contribution in [2.45, 2.75) is 52.0 Å². The summed E-state index contributed by atoms with van der Waals surface area (Å²) in [4.78, 5) is 21.4. The van der Waals surface area contributed by atoms with Crippen LogP contribution in [0.15, 0.2) is 22.9 Å². The Labute approximate surface area is 153 Å². The first-order valence-electron chi connectivity index (χ1n) is 9.15. The van der Waals surface area contributed by atoms with Crippen LogP contribution in [0.25, 0.3) is 0 Å². The standard InChI is InChI=1S/C19H26N4O3/c1-12(2)18-22-19(26-23-18)17(15-6-8-25-9-7-15)21-16(24)10-14-5-4-13(3)20-11-14/h4-5,11-12,15,17H,6-10H2,1-3H3,(H,21,24). The van der Waals surface area contributed by atoms with Crippen molar-refractivity contribution in [2.75, 3.05) is 13.2 Å². The average molecular weight is 358 g/mol. The van der Waals surface area contributed by atoms with E-state index in [4.69, 9.17) is 9.26 Å². The van der Waals surface area contributed by atoms with Gasteiger partial charge < -0.3 is 14.6 Å². The summed E-state index contributed by atoms with van der Waals surface area (Å²) in [5.41, 5.74) is 1.81. The second-order valence-electron chi connectivity index (χ2n) is 7.13. The SMILES string of the molecule is Cc1ccc(CC(=O)NC(c2nc(C(C)C)no2)C2CCOCC2)cn1. The lowest BCUT2D eigenvalue weighted by Crippen LogP contribution is -2.37. The zero-order valence-electron chi connectivity index (χ0n) is 15.6. The maximum atomic E-state index is 12.6. The number of hydrogen-bond donors (Lipinski definition) is 1. The zero-order chi connectivity index (χ0) is 18.5. The summed E-state index contributed by atoms with van der Waals surface area (Å²) in [6, 6.07) is 3.55. The first-order valence-corrected chi connectivity index (χ1v) is 9.15. The lowest BCUT2D eigenvalue weighted by atomic mass is 9.91. The molecule has 0 aromatic carbocycles. The van der Waals surface area contributed by atoms with Gasteiger partial charge in [0.2, 0.25) is 11.8 Å². The van der Waals surface area contributed by atoms with Crippen LogP contribution in [0.5, 0.6) is 0 Å². The van der Waals surface area contributed by atoms with Gasteiger partial charge in [-0.25, -0.2) is 0 Å². The number of pyridine rings is 1. The van der Waals surface area contributed by atoms with Crippen molar-refractivity contribution in [1.82, 2.24) is 20.4 Å². The summed E-state index contributed by atoms with van der Waals surface area (Å²) < 4.78 is 10.9. The number of carbonyl (C=O) groups is 1. The highest BCUT2D eigenvalue weighted by molar-refractivity contribution is 5.78. The number of rotatable bonds is 6. The largest absolute Gasteiger partial charge is 0.381 e. The molecule has 0 bridgehead atoms. The summed E-state index contributed by atoms with van der Waals surface area (Å²) in [5.74, 6) is 1.47. The molecule has 1 aliphatic heterocycles. The zero-order valence-corrected chi connectivity index (χ0v) is 15.6. The topological polar surface area (TPSA) is 90.1 Å². The van der Waals surface area contributed by atoms with Crippen molar-refractivity contribution in [3.63, 3.8) is 0 Å². The highest BCUT2D eigenvalue weighted by Crippen LogP contribution is 2.30. The number of carbonyl (C=O) groups excluding carboxylic acids is 1. The van der Waals surface area contributed by atoms with E-state index in [9.17, 15) is 4.79 Å². The predicted octanol–water partition coefficient (Wildman–Crippen LogP) is 2.72. The summed E-state index contributed by atoms with van der Waals surface area (Å²) in [7, 11) is 0. The van der Waals surface area contributed by atoms with Crippen molar-refractivity contribution in [1.29, 1.82) is 0 Å². The Bertz CT molecular complexity index is 721. The lowest BCUT2D eigenvalue weighted by Gasteiger charge is -2.28. The fourth-order valence-electron chi connectivity index (χ4n) is 3.05. The lowest BCUT2D eigenvalue weighted by molar-refractivity contribution is -0.122. The van der Waals surface area contributed by atoms with Crippen molar-refractivity contribution < 1.29 is 14.1 Å². The molecule has 0 saturated carbocycles. The molecular weight excluding hydrogens is 332 g/mol. The quantitative estimate of drug-likeness (QED) is 0.854. The molecule has 0 spiro atoms. The van der Waals surface area contributed by atoms with Gasteiger partial charge >= 0.3 is 0 Å². The van der Waals surface area contributed by atoms with E-state index >= 15 is 0 Å². The maximum absolute atomic E-state index is 12.6. The number of nitrogens with zero attached hydrogens (tertiary/aromatic N) is 3. The molecule has 3 rings (SSSR count). The molecule has 1 aliphatic rings. The van der Waals surface area contributed by atoms with Crippen LogP contribution in [0.1, 0.15) is 61.6 Å². The van der Waals surface area contributed by atoms with Gasteiger partial charge in [0.15, 0.2) is 5.82 Å². The molecule has 1 saturated heterocycles. The molecule has 0 aliphatic carbocycles. The Morgan fingerprint density at radius 3 is 2.69 bits per heavy atom. The third-order valence-electron chi connectivity index (χ3n) is 4.63. The van der Waals surface area contributed by atoms with Gasteiger partial charge in [-0.3, -0.25) is 9.78 Å². The molecule has 1 unspecified atom stereocenters. The smallest absolute Gasteiger partial charge is 0.249 e. The van der Waals surface area contributed by atoms with Crippen LogP contribution >= 0.6 is 0 Å². The monoisotopic (exact) mass is 358 g/mol. The molecule has 7 nitrogen and oxygen atoms in total. The molecule has 0 radical (unpaired) electrons. The van der Waals surface area contributed by atoms with Gasteiger partial charge in [0, 0.05) is 31.0 Å². The molecule has 2 aromatic rings. The molecule has 1 N–H and O–H groups in total. The normalized spacial score (nSPS) is 16.6. The minimum absolute atomic E-state index is 0.0727. The number of nitrogens with one attached hydrogen (secondary N) is 1. The van der Waals surface area contributed by atoms with Crippen LogP contribution in [0.4, 0.5) is 0 Å². The number of aromatic nitrogens is 3. The first kappa shape index (κ1) is 18.5. The Morgan fingerprint density at radius 2 is 2.08 bits per heavy atom. The molecule has 3 heterocycles. The van der Waals surface area contributed by atoms with E-state index in [0.29, 0.717) is 24.9 Å². The number of aryl methyl sites for hydroxylation is 1. The van der Waals surface area contributed by atoms with E-state index in [1.54, 1.807) is 6.20 Å². The summed E-state index contributed by atoms with van der Waals surface area (Å²) in [5, 5.41) is 7.15. The number of amides is 1. The van der Waals surface area contributed by atoms with Crippen molar-refractivity contribution in [3.8, 4) is 0 Å². The minimum atomic E-state index is -0.287. The number of ether oxygens (including phenoxy) is 1. The van der Waals surface area contributed by atoms with Gasteiger partial charge in [-0.05, 0) is 37.3 Å². The summed E-state index contributed by atoms with van der Waals surface area (Å²) in [6.45, 7) is 7.32.